The summed E-state index contributed by atoms with van der Waals surface area (Å²) in [6.07, 6.45) is 0.774. The molecular weight excluding hydrogens is 464 g/mol. The molecule has 8 nitrogen and oxygen atoms in total. The minimum Gasteiger partial charge on any atom is -0.495 e. The Kier molecular flexibility index (Phi) is 6.25. The van der Waals surface area contributed by atoms with Gasteiger partial charge in [0.15, 0.2) is 5.13 Å². The van der Waals surface area contributed by atoms with E-state index in [-0.39, 0.29) is 30.7 Å². The van der Waals surface area contributed by atoms with Gasteiger partial charge in [-0.15, -0.1) is 0 Å². The first-order valence-electron chi connectivity index (χ1n) is 11.5. The monoisotopic (exact) mass is 490 g/mol. The van der Waals surface area contributed by atoms with Crippen LogP contribution < -0.4 is 15.0 Å². The maximum atomic E-state index is 13.0. The average Bonchev–Trinajstić information content (AvgIpc) is 3.46. The highest BCUT2D eigenvalue weighted by Gasteiger charge is 2.37. The van der Waals surface area contributed by atoms with Crippen LogP contribution in [0.1, 0.15) is 32.9 Å². The van der Waals surface area contributed by atoms with Gasteiger partial charge < -0.3 is 19.9 Å². The highest BCUT2D eigenvalue weighted by atomic mass is 32.1. The number of aryl methyl sites for hydroxylation is 1. The Morgan fingerprint density at radius 3 is 2.74 bits per heavy atom. The van der Waals surface area contributed by atoms with Gasteiger partial charge in [-0.25, -0.2) is 4.98 Å². The van der Waals surface area contributed by atoms with Gasteiger partial charge in [0.25, 0.3) is 5.91 Å². The predicted octanol–water partition coefficient (Wildman–Crippen LogP) is 3.65. The smallest absolute Gasteiger partial charge is 0.254 e. The summed E-state index contributed by atoms with van der Waals surface area (Å²) < 4.78 is 5.42. The largest absolute Gasteiger partial charge is 0.495 e. The van der Waals surface area contributed by atoms with Crippen molar-refractivity contribution in [2.24, 2.45) is 5.92 Å². The third-order valence-corrected chi connectivity index (χ3v) is 7.39. The normalized spacial score (nSPS) is 17.3. The molecule has 0 bridgehead atoms. The summed E-state index contributed by atoms with van der Waals surface area (Å²) in [5, 5.41) is 3.41. The SMILES string of the molecule is COc1ccc(C)cc1N1CC(C(=O)Nc2nc3c(s2)CN(C(=O)c2ccccc2)CC3)CC1=O. The lowest BCUT2D eigenvalue weighted by atomic mass is 10.1. The number of amides is 3. The van der Waals surface area contributed by atoms with Crippen LogP contribution in [0.4, 0.5) is 10.8 Å². The Labute approximate surface area is 207 Å². The van der Waals surface area contributed by atoms with E-state index in [0.29, 0.717) is 41.6 Å². The van der Waals surface area contributed by atoms with Gasteiger partial charge in [0, 0.05) is 36.4 Å². The lowest BCUT2D eigenvalue weighted by Crippen LogP contribution is -2.35. The molecule has 0 aliphatic carbocycles. The number of nitrogens with zero attached hydrogens (tertiary/aromatic N) is 3. The molecule has 1 saturated heterocycles. The van der Waals surface area contributed by atoms with Crippen molar-refractivity contribution in [1.29, 1.82) is 0 Å². The summed E-state index contributed by atoms with van der Waals surface area (Å²) in [4.78, 5) is 47.6. The van der Waals surface area contributed by atoms with Gasteiger partial charge >= 0.3 is 0 Å². The van der Waals surface area contributed by atoms with E-state index in [2.05, 4.69) is 10.3 Å². The predicted molar refractivity (Wildman–Crippen MR) is 134 cm³/mol. The number of methoxy groups -OCH3 is 1. The van der Waals surface area contributed by atoms with E-state index in [0.717, 1.165) is 16.1 Å². The third kappa shape index (κ3) is 4.64. The first-order chi connectivity index (χ1) is 16.9. The van der Waals surface area contributed by atoms with Crippen LogP contribution in [0.15, 0.2) is 48.5 Å². The Morgan fingerprint density at radius 2 is 1.97 bits per heavy atom. The van der Waals surface area contributed by atoms with Gasteiger partial charge in [-0.1, -0.05) is 35.6 Å². The molecule has 5 rings (SSSR count). The lowest BCUT2D eigenvalue weighted by Gasteiger charge is -2.26. The van der Waals surface area contributed by atoms with Crippen molar-refractivity contribution in [1.82, 2.24) is 9.88 Å². The van der Waals surface area contributed by atoms with E-state index in [1.54, 1.807) is 12.0 Å². The molecule has 1 unspecified atom stereocenters. The minimum absolute atomic E-state index is 0.00799. The molecule has 2 aromatic carbocycles. The number of aromatic nitrogens is 1. The van der Waals surface area contributed by atoms with Crippen molar-refractivity contribution in [3.05, 3.63) is 70.2 Å². The van der Waals surface area contributed by atoms with Gasteiger partial charge in [-0.05, 0) is 36.8 Å². The van der Waals surface area contributed by atoms with Crippen molar-refractivity contribution in [3.8, 4) is 5.75 Å². The van der Waals surface area contributed by atoms with E-state index < -0.39 is 5.92 Å². The van der Waals surface area contributed by atoms with Crippen LogP contribution in [-0.4, -0.2) is 47.8 Å². The summed E-state index contributed by atoms with van der Waals surface area (Å²) in [6.45, 7) is 3.29. The Bertz CT molecular complexity index is 1290. The standard InChI is InChI=1S/C26H26N4O4S/c1-16-8-9-21(34-2)20(12-16)30-14-18(13-23(30)31)24(32)28-26-27-19-10-11-29(15-22(19)35-26)25(33)17-6-4-3-5-7-17/h3-9,12,18H,10-11,13-15H2,1-2H3,(H,27,28,32). The Balaban J connectivity index is 1.25. The number of hydrogen-bond donors (Lipinski definition) is 1. The molecule has 1 fully saturated rings. The van der Waals surface area contributed by atoms with Gasteiger partial charge in [0.1, 0.15) is 5.75 Å². The van der Waals surface area contributed by atoms with Crippen LogP contribution in [0.5, 0.6) is 5.75 Å². The number of ether oxygens (including phenoxy) is 1. The van der Waals surface area contributed by atoms with Crippen LogP contribution in [0, 0.1) is 12.8 Å². The van der Waals surface area contributed by atoms with Gasteiger partial charge in [-0.3, -0.25) is 14.4 Å². The van der Waals surface area contributed by atoms with E-state index >= 15 is 0 Å². The molecule has 2 aliphatic rings. The fraction of sp³-hybridized carbons (Fsp3) is 0.308. The second kappa shape index (κ2) is 9.50. The molecule has 0 radical (unpaired) electrons. The highest BCUT2D eigenvalue weighted by molar-refractivity contribution is 7.15. The number of rotatable bonds is 5. The fourth-order valence-corrected chi connectivity index (χ4v) is 5.55. The Morgan fingerprint density at radius 1 is 1.17 bits per heavy atom. The summed E-state index contributed by atoms with van der Waals surface area (Å²) in [5.41, 5.74) is 3.26. The molecule has 1 N–H and O–H groups in total. The van der Waals surface area contributed by atoms with E-state index in [1.165, 1.54) is 11.3 Å². The molecule has 180 valence electrons. The number of anilines is 2. The average molecular weight is 491 g/mol. The molecule has 35 heavy (non-hydrogen) atoms. The zero-order valence-electron chi connectivity index (χ0n) is 19.6. The minimum atomic E-state index is -0.482. The first-order valence-corrected chi connectivity index (χ1v) is 12.3. The van der Waals surface area contributed by atoms with Crippen LogP contribution in [-0.2, 0) is 22.6 Å². The van der Waals surface area contributed by atoms with E-state index in [4.69, 9.17) is 4.74 Å². The maximum Gasteiger partial charge on any atom is 0.254 e. The van der Waals surface area contributed by atoms with Crippen molar-refractivity contribution >= 4 is 39.9 Å². The number of carbonyl (C=O) groups is 3. The third-order valence-electron chi connectivity index (χ3n) is 6.39. The van der Waals surface area contributed by atoms with Gasteiger partial charge in [-0.2, -0.15) is 0 Å². The number of carbonyl (C=O) groups excluding carboxylic acids is 3. The van der Waals surface area contributed by atoms with Crippen LogP contribution >= 0.6 is 11.3 Å². The number of nitrogens with one attached hydrogen (secondary N) is 1. The van der Waals surface area contributed by atoms with Crippen LogP contribution in [0.2, 0.25) is 0 Å². The molecule has 1 aromatic heterocycles. The molecule has 9 heteroatoms. The number of fused-ring (bicyclic) bond motifs is 1. The quantitative estimate of drug-likeness (QED) is 0.590. The number of thiazole rings is 1. The zero-order chi connectivity index (χ0) is 24.5. The summed E-state index contributed by atoms with van der Waals surface area (Å²) >= 11 is 1.39. The molecule has 3 heterocycles. The Hall–Kier alpha value is -3.72. The topological polar surface area (TPSA) is 91.8 Å². The zero-order valence-corrected chi connectivity index (χ0v) is 20.4. The second-order valence-electron chi connectivity index (χ2n) is 8.80. The molecule has 3 aromatic rings. The fourth-order valence-electron chi connectivity index (χ4n) is 4.52. The first kappa shape index (κ1) is 23.0. The van der Waals surface area contributed by atoms with Crippen LogP contribution in [0.3, 0.4) is 0 Å². The van der Waals surface area contributed by atoms with Crippen molar-refractivity contribution in [3.63, 3.8) is 0 Å². The maximum absolute atomic E-state index is 13.0. The second-order valence-corrected chi connectivity index (χ2v) is 9.89. The lowest BCUT2D eigenvalue weighted by molar-refractivity contribution is -0.122. The summed E-state index contributed by atoms with van der Waals surface area (Å²) in [5.74, 6) is -0.221. The number of hydrogen-bond acceptors (Lipinski definition) is 6. The molecule has 0 spiro atoms. The summed E-state index contributed by atoms with van der Waals surface area (Å²) in [6, 6.07) is 14.9. The summed E-state index contributed by atoms with van der Waals surface area (Å²) in [7, 11) is 1.57. The van der Waals surface area contributed by atoms with Gasteiger partial charge in [0.2, 0.25) is 11.8 Å². The molecule has 2 aliphatic heterocycles. The van der Waals surface area contributed by atoms with Crippen molar-refractivity contribution < 1.29 is 19.1 Å². The van der Waals surface area contributed by atoms with Crippen molar-refractivity contribution in [2.75, 3.05) is 30.4 Å². The molecule has 1 atom stereocenters. The van der Waals surface area contributed by atoms with E-state index in [1.807, 2.05) is 60.4 Å². The van der Waals surface area contributed by atoms with Crippen molar-refractivity contribution in [2.45, 2.75) is 26.3 Å². The van der Waals surface area contributed by atoms with Crippen LogP contribution in [0.25, 0.3) is 0 Å². The molecular formula is C26H26N4O4S. The molecule has 3 amide bonds. The molecule has 0 saturated carbocycles. The number of benzene rings is 2. The highest BCUT2D eigenvalue weighted by Crippen LogP contribution is 2.35. The van der Waals surface area contributed by atoms with Gasteiger partial charge in [0.05, 0.1) is 31.0 Å². The van der Waals surface area contributed by atoms with E-state index in [9.17, 15) is 14.4 Å².